The Bertz CT molecular complexity index is 1030. The minimum atomic E-state index is -5.06. The molecule has 132 valence electrons. The van der Waals surface area contributed by atoms with Crippen LogP contribution in [0.4, 0.5) is 13.2 Å². The van der Waals surface area contributed by atoms with Gasteiger partial charge in [0.25, 0.3) is 0 Å². The van der Waals surface area contributed by atoms with E-state index in [2.05, 4.69) is 0 Å². The summed E-state index contributed by atoms with van der Waals surface area (Å²) in [6, 6.07) is 12.7. The number of benzene rings is 3. The Kier molecular flexibility index (Phi) is 4.56. The first-order valence-electron chi connectivity index (χ1n) is 7.63. The van der Waals surface area contributed by atoms with Gasteiger partial charge in [-0.25, -0.2) is 0 Å². The highest BCUT2D eigenvalue weighted by atomic mass is 19.4. The lowest BCUT2D eigenvalue weighted by atomic mass is 9.74. The van der Waals surface area contributed by atoms with E-state index in [1.54, 1.807) is 30.3 Å². The van der Waals surface area contributed by atoms with E-state index in [4.69, 9.17) is 0 Å². The van der Waals surface area contributed by atoms with Crippen molar-refractivity contribution in [2.75, 3.05) is 0 Å². The van der Waals surface area contributed by atoms with Crippen molar-refractivity contribution in [3.8, 4) is 0 Å². The third kappa shape index (κ3) is 3.33. The van der Waals surface area contributed by atoms with E-state index < -0.39 is 31.3 Å². The molecule has 0 saturated carbocycles. The molecule has 3 aromatic carbocycles. The molecule has 0 spiro atoms. The Hall–Kier alpha value is -2.71. The molecular weight excluding hydrogens is 348 g/mol. The standard InChI is InChI=1S/C18H12BF3O4/c20-18(21,22)16(24)9-15(23)11-5-6-14-12(8-11)7-10-3-1-2-4-13(10)17(14)19(25)26/h1-8,25-26H,9H2. The Morgan fingerprint density at radius 3 is 2.23 bits per heavy atom. The molecule has 0 radical (unpaired) electrons. The van der Waals surface area contributed by atoms with Crippen LogP contribution in [0.2, 0.25) is 0 Å². The second-order valence-corrected chi connectivity index (χ2v) is 5.84. The summed E-state index contributed by atoms with van der Waals surface area (Å²) in [6.45, 7) is 0. The molecule has 0 aromatic heterocycles. The average molecular weight is 360 g/mol. The second kappa shape index (κ2) is 6.55. The summed E-state index contributed by atoms with van der Waals surface area (Å²) in [7, 11) is -1.77. The lowest BCUT2D eigenvalue weighted by Gasteiger charge is -2.12. The van der Waals surface area contributed by atoms with Gasteiger partial charge in [-0.15, -0.1) is 0 Å². The predicted octanol–water partition coefficient (Wildman–Crippen LogP) is 2.38. The lowest BCUT2D eigenvalue weighted by Crippen LogP contribution is -2.31. The van der Waals surface area contributed by atoms with E-state index in [0.29, 0.717) is 21.5 Å². The first kappa shape index (κ1) is 18.1. The maximum absolute atomic E-state index is 12.3. The molecule has 2 N–H and O–H groups in total. The van der Waals surface area contributed by atoms with Gasteiger partial charge in [0, 0.05) is 5.56 Å². The first-order chi connectivity index (χ1) is 12.2. The predicted molar refractivity (Wildman–Crippen MR) is 91.3 cm³/mol. The van der Waals surface area contributed by atoms with Crippen LogP contribution in [-0.2, 0) is 4.79 Å². The molecule has 4 nitrogen and oxygen atoms in total. The topological polar surface area (TPSA) is 74.6 Å². The molecule has 0 unspecified atom stereocenters. The van der Waals surface area contributed by atoms with Crippen molar-refractivity contribution in [2.24, 2.45) is 0 Å². The fourth-order valence-electron chi connectivity index (χ4n) is 2.91. The molecule has 0 bridgehead atoms. The zero-order valence-corrected chi connectivity index (χ0v) is 13.2. The van der Waals surface area contributed by atoms with Crippen molar-refractivity contribution in [2.45, 2.75) is 12.6 Å². The monoisotopic (exact) mass is 360 g/mol. The number of Topliss-reactive ketones (excluding diaryl/α,β-unsaturated/α-hetero) is 2. The Labute approximate surface area is 146 Å². The molecule has 0 atom stereocenters. The molecule has 0 saturated heterocycles. The summed E-state index contributed by atoms with van der Waals surface area (Å²) >= 11 is 0. The Balaban J connectivity index is 2.11. The SMILES string of the molecule is O=C(CC(=O)C(F)(F)F)c1ccc2c(B(O)O)c3ccccc3cc2c1. The van der Waals surface area contributed by atoms with Crippen LogP contribution in [0.25, 0.3) is 21.5 Å². The van der Waals surface area contributed by atoms with Gasteiger partial charge in [-0.2, -0.15) is 13.2 Å². The van der Waals surface area contributed by atoms with Crippen molar-refractivity contribution in [3.63, 3.8) is 0 Å². The maximum atomic E-state index is 12.3. The largest absolute Gasteiger partial charge is 0.489 e. The second-order valence-electron chi connectivity index (χ2n) is 5.84. The summed E-state index contributed by atoms with van der Waals surface area (Å²) in [5.74, 6) is -3.05. The van der Waals surface area contributed by atoms with Crippen LogP contribution in [-0.4, -0.2) is 34.9 Å². The first-order valence-corrected chi connectivity index (χ1v) is 7.63. The fraction of sp³-hybridized carbons (Fsp3) is 0.111. The maximum Gasteiger partial charge on any atom is 0.489 e. The van der Waals surface area contributed by atoms with E-state index in [0.717, 1.165) is 0 Å². The molecule has 0 fully saturated rings. The highest BCUT2D eigenvalue weighted by Crippen LogP contribution is 2.24. The van der Waals surface area contributed by atoms with Gasteiger partial charge in [0.2, 0.25) is 5.78 Å². The minimum absolute atomic E-state index is 0.0521. The van der Waals surface area contributed by atoms with Crippen molar-refractivity contribution in [1.29, 1.82) is 0 Å². The number of hydrogen-bond donors (Lipinski definition) is 2. The Morgan fingerprint density at radius 1 is 0.923 bits per heavy atom. The van der Waals surface area contributed by atoms with Crippen molar-refractivity contribution in [1.82, 2.24) is 0 Å². The number of halogens is 3. The van der Waals surface area contributed by atoms with Gasteiger partial charge in [0.05, 0.1) is 6.42 Å². The summed E-state index contributed by atoms with van der Waals surface area (Å²) < 4.78 is 37.0. The van der Waals surface area contributed by atoms with Gasteiger partial charge in [-0.1, -0.05) is 36.4 Å². The number of fused-ring (bicyclic) bond motifs is 2. The van der Waals surface area contributed by atoms with Crippen LogP contribution in [0.5, 0.6) is 0 Å². The Morgan fingerprint density at radius 2 is 1.58 bits per heavy atom. The molecule has 0 heterocycles. The molecule has 0 amide bonds. The fourth-order valence-corrected chi connectivity index (χ4v) is 2.91. The molecule has 8 heteroatoms. The van der Waals surface area contributed by atoms with Gasteiger partial charge in [-0.3, -0.25) is 9.59 Å². The van der Waals surface area contributed by atoms with Gasteiger partial charge >= 0.3 is 13.3 Å². The average Bonchev–Trinajstić information content (AvgIpc) is 2.57. The van der Waals surface area contributed by atoms with Crippen molar-refractivity contribution in [3.05, 3.63) is 54.1 Å². The van der Waals surface area contributed by atoms with Gasteiger partial charge in [0.15, 0.2) is 5.78 Å². The molecular formula is C18H12BF3O4. The quantitative estimate of drug-likeness (QED) is 0.324. The van der Waals surface area contributed by atoms with Crippen LogP contribution in [0.3, 0.4) is 0 Å². The number of carbonyl (C=O) groups excluding carboxylic acids is 2. The van der Waals surface area contributed by atoms with Gasteiger partial charge < -0.3 is 10.0 Å². The number of carbonyl (C=O) groups is 2. The normalized spacial score (nSPS) is 11.7. The molecule has 0 aliphatic rings. The summed E-state index contributed by atoms with van der Waals surface area (Å²) in [4.78, 5) is 23.0. The molecule has 26 heavy (non-hydrogen) atoms. The molecule has 0 aliphatic heterocycles. The zero-order chi connectivity index (χ0) is 19.1. The van der Waals surface area contributed by atoms with E-state index in [9.17, 15) is 32.8 Å². The van der Waals surface area contributed by atoms with E-state index in [1.807, 2.05) is 0 Å². The van der Waals surface area contributed by atoms with Crippen LogP contribution >= 0.6 is 0 Å². The lowest BCUT2D eigenvalue weighted by molar-refractivity contribution is -0.170. The van der Waals surface area contributed by atoms with E-state index in [1.165, 1.54) is 18.2 Å². The summed E-state index contributed by atoms with van der Waals surface area (Å²) in [6.07, 6.45) is -6.32. The number of ketones is 2. The third-order valence-electron chi connectivity index (χ3n) is 4.12. The molecule has 3 rings (SSSR count). The van der Waals surface area contributed by atoms with Crippen molar-refractivity contribution < 1.29 is 32.8 Å². The number of rotatable bonds is 4. The zero-order valence-electron chi connectivity index (χ0n) is 13.2. The van der Waals surface area contributed by atoms with E-state index >= 15 is 0 Å². The molecule has 0 aliphatic carbocycles. The van der Waals surface area contributed by atoms with Crippen LogP contribution < -0.4 is 5.46 Å². The molecule has 3 aromatic rings. The van der Waals surface area contributed by atoms with Crippen molar-refractivity contribution >= 4 is 45.7 Å². The number of hydrogen-bond acceptors (Lipinski definition) is 4. The highest BCUT2D eigenvalue weighted by molar-refractivity contribution is 6.65. The van der Waals surface area contributed by atoms with Crippen LogP contribution in [0.1, 0.15) is 16.8 Å². The number of alkyl halides is 3. The summed E-state index contributed by atoms with van der Waals surface area (Å²) in [5.41, 5.74) is 0.187. The highest BCUT2D eigenvalue weighted by Gasteiger charge is 2.39. The van der Waals surface area contributed by atoms with Crippen LogP contribution in [0.15, 0.2) is 48.5 Å². The van der Waals surface area contributed by atoms with Gasteiger partial charge in [-0.05, 0) is 39.1 Å². The third-order valence-corrected chi connectivity index (χ3v) is 4.12. The van der Waals surface area contributed by atoms with E-state index in [-0.39, 0.29) is 11.0 Å². The van der Waals surface area contributed by atoms with Crippen LogP contribution in [0, 0.1) is 0 Å². The van der Waals surface area contributed by atoms with Gasteiger partial charge in [0.1, 0.15) is 0 Å². The summed E-state index contributed by atoms with van der Waals surface area (Å²) in [5, 5.41) is 21.7. The smallest absolute Gasteiger partial charge is 0.423 e. The minimum Gasteiger partial charge on any atom is -0.423 e.